The summed E-state index contributed by atoms with van der Waals surface area (Å²) in [5.41, 5.74) is 7.71. The molecule has 0 aromatic heterocycles. The van der Waals surface area contributed by atoms with E-state index in [0.717, 1.165) is 13.1 Å². The Morgan fingerprint density at radius 1 is 1.42 bits per heavy atom. The number of rotatable bonds is 3. The summed E-state index contributed by atoms with van der Waals surface area (Å²) in [7, 11) is 0. The van der Waals surface area contributed by atoms with Crippen LogP contribution in [0.1, 0.15) is 26.7 Å². The number of nitrogens with two attached hydrogens (primary N) is 1. The van der Waals surface area contributed by atoms with Gasteiger partial charge in [0.1, 0.15) is 5.54 Å². The van der Waals surface area contributed by atoms with Crippen molar-refractivity contribution in [2.75, 3.05) is 13.1 Å². The Morgan fingerprint density at radius 3 is 2.33 bits per heavy atom. The van der Waals surface area contributed by atoms with Gasteiger partial charge in [-0.15, -0.1) is 0 Å². The zero-order chi connectivity index (χ0) is 9.19. The number of amides is 1. The second-order valence-corrected chi connectivity index (χ2v) is 3.80. The van der Waals surface area contributed by atoms with Crippen LogP contribution in [0.5, 0.6) is 0 Å². The topological polar surface area (TPSA) is 58.4 Å². The lowest BCUT2D eigenvalue weighted by Gasteiger charge is -2.28. The van der Waals surface area contributed by atoms with Gasteiger partial charge in [0, 0.05) is 13.1 Å². The van der Waals surface area contributed by atoms with Gasteiger partial charge in [-0.3, -0.25) is 4.79 Å². The van der Waals surface area contributed by atoms with Gasteiger partial charge in [0.05, 0.1) is 0 Å². The lowest BCUT2D eigenvalue weighted by atomic mass is 10.1. The van der Waals surface area contributed by atoms with Crippen molar-refractivity contribution in [1.82, 2.24) is 10.4 Å². The maximum atomic E-state index is 10.9. The molecule has 1 heterocycles. The highest BCUT2D eigenvalue weighted by atomic mass is 16.1. The molecule has 1 aliphatic heterocycles. The van der Waals surface area contributed by atoms with Crippen LogP contribution in [0.15, 0.2) is 0 Å². The molecular formula is C8H17N3O. The summed E-state index contributed by atoms with van der Waals surface area (Å²) < 4.78 is 0. The lowest BCUT2D eigenvalue weighted by molar-refractivity contribution is -0.125. The molecule has 4 nitrogen and oxygen atoms in total. The first-order valence-electron chi connectivity index (χ1n) is 4.35. The van der Waals surface area contributed by atoms with E-state index >= 15 is 0 Å². The number of hydrazine groups is 1. The summed E-state index contributed by atoms with van der Waals surface area (Å²) in [6.07, 6.45) is 2.39. The molecule has 1 rings (SSSR count). The second kappa shape index (κ2) is 3.41. The Balaban J connectivity index is 2.42. The van der Waals surface area contributed by atoms with Crippen LogP contribution in [0, 0.1) is 0 Å². The molecule has 1 saturated heterocycles. The number of nitrogens with one attached hydrogen (secondary N) is 1. The van der Waals surface area contributed by atoms with Gasteiger partial charge in [-0.05, 0) is 26.7 Å². The van der Waals surface area contributed by atoms with Gasteiger partial charge < -0.3 is 5.73 Å². The van der Waals surface area contributed by atoms with E-state index < -0.39 is 5.54 Å². The fourth-order valence-electron chi connectivity index (χ4n) is 1.28. The number of hydrogen-bond donors (Lipinski definition) is 2. The summed E-state index contributed by atoms with van der Waals surface area (Å²) in [5, 5.41) is 2.06. The standard InChI is InChI=1S/C8H17N3O/c1-8(2,7(9)12)10-11-5-3-4-6-11/h10H,3-6H2,1-2H3,(H2,9,12). The summed E-state index contributed by atoms with van der Waals surface area (Å²) in [5.74, 6) is -0.311. The fourth-order valence-corrected chi connectivity index (χ4v) is 1.28. The minimum absolute atomic E-state index is 0.311. The van der Waals surface area contributed by atoms with E-state index in [-0.39, 0.29) is 5.91 Å². The predicted molar refractivity (Wildman–Crippen MR) is 47.2 cm³/mol. The van der Waals surface area contributed by atoms with Crippen molar-refractivity contribution in [3.05, 3.63) is 0 Å². The number of nitrogens with zero attached hydrogens (tertiary/aromatic N) is 1. The highest BCUT2D eigenvalue weighted by molar-refractivity contribution is 5.83. The van der Waals surface area contributed by atoms with Crippen molar-refractivity contribution in [3.63, 3.8) is 0 Å². The van der Waals surface area contributed by atoms with Crippen LogP contribution in [-0.2, 0) is 4.79 Å². The van der Waals surface area contributed by atoms with Crippen molar-refractivity contribution in [2.24, 2.45) is 5.73 Å². The first kappa shape index (κ1) is 9.48. The van der Waals surface area contributed by atoms with Crippen LogP contribution in [0.3, 0.4) is 0 Å². The zero-order valence-corrected chi connectivity index (χ0v) is 7.76. The highest BCUT2D eigenvalue weighted by Crippen LogP contribution is 2.08. The third kappa shape index (κ3) is 2.19. The van der Waals surface area contributed by atoms with Gasteiger partial charge in [-0.1, -0.05) is 0 Å². The number of primary amides is 1. The second-order valence-electron chi connectivity index (χ2n) is 3.80. The molecule has 0 aromatic carbocycles. The van der Waals surface area contributed by atoms with Crippen LogP contribution in [0.25, 0.3) is 0 Å². The maximum absolute atomic E-state index is 10.9. The molecule has 0 radical (unpaired) electrons. The molecule has 0 atom stereocenters. The van der Waals surface area contributed by atoms with E-state index in [0.29, 0.717) is 0 Å². The quantitative estimate of drug-likeness (QED) is 0.621. The largest absolute Gasteiger partial charge is 0.368 e. The smallest absolute Gasteiger partial charge is 0.238 e. The maximum Gasteiger partial charge on any atom is 0.238 e. The monoisotopic (exact) mass is 171 g/mol. The molecule has 1 amide bonds. The molecular weight excluding hydrogens is 154 g/mol. The molecule has 12 heavy (non-hydrogen) atoms. The molecule has 0 spiro atoms. The van der Waals surface area contributed by atoms with E-state index in [9.17, 15) is 4.79 Å². The molecule has 3 N–H and O–H groups in total. The SMILES string of the molecule is CC(C)(NN1CCCC1)C(N)=O. The molecule has 4 heteroatoms. The van der Waals surface area contributed by atoms with Gasteiger partial charge in [0.15, 0.2) is 0 Å². The summed E-state index contributed by atoms with van der Waals surface area (Å²) in [6.45, 7) is 5.62. The molecule has 1 fully saturated rings. The van der Waals surface area contributed by atoms with Crippen molar-refractivity contribution < 1.29 is 4.79 Å². The fraction of sp³-hybridized carbons (Fsp3) is 0.875. The van der Waals surface area contributed by atoms with Gasteiger partial charge in [0.25, 0.3) is 0 Å². The van der Waals surface area contributed by atoms with E-state index in [2.05, 4.69) is 10.4 Å². The average Bonchev–Trinajstić information content (AvgIpc) is 2.38. The average molecular weight is 171 g/mol. The van der Waals surface area contributed by atoms with Crippen molar-refractivity contribution >= 4 is 5.91 Å². The number of carbonyl (C=O) groups is 1. The van der Waals surface area contributed by atoms with Crippen molar-refractivity contribution in [2.45, 2.75) is 32.2 Å². The number of carbonyl (C=O) groups excluding carboxylic acids is 1. The van der Waals surface area contributed by atoms with Crippen molar-refractivity contribution in [3.8, 4) is 0 Å². The Morgan fingerprint density at radius 2 is 1.92 bits per heavy atom. The van der Waals surface area contributed by atoms with Crippen LogP contribution in [0.4, 0.5) is 0 Å². The van der Waals surface area contributed by atoms with Gasteiger partial charge in [-0.2, -0.15) is 0 Å². The third-order valence-electron chi connectivity index (χ3n) is 2.16. The first-order chi connectivity index (χ1) is 5.52. The molecule has 1 aliphatic rings. The summed E-state index contributed by atoms with van der Waals surface area (Å²) >= 11 is 0. The van der Waals surface area contributed by atoms with E-state index in [1.807, 2.05) is 0 Å². The minimum atomic E-state index is -0.621. The van der Waals surface area contributed by atoms with Crippen LogP contribution in [0.2, 0.25) is 0 Å². The molecule has 0 bridgehead atoms. The molecule has 0 unspecified atom stereocenters. The Labute approximate surface area is 73.1 Å². The summed E-state index contributed by atoms with van der Waals surface area (Å²) in [4.78, 5) is 10.9. The first-order valence-corrected chi connectivity index (χ1v) is 4.35. The lowest BCUT2D eigenvalue weighted by Crippen LogP contribution is -2.56. The Hall–Kier alpha value is -0.610. The Kier molecular flexibility index (Phi) is 2.69. The molecule has 0 aromatic rings. The molecule has 0 saturated carbocycles. The van der Waals surface area contributed by atoms with Crippen LogP contribution in [-0.4, -0.2) is 29.5 Å². The van der Waals surface area contributed by atoms with Gasteiger partial charge in [-0.25, -0.2) is 10.4 Å². The van der Waals surface area contributed by atoms with Crippen LogP contribution >= 0.6 is 0 Å². The zero-order valence-electron chi connectivity index (χ0n) is 7.76. The van der Waals surface area contributed by atoms with E-state index in [4.69, 9.17) is 5.73 Å². The van der Waals surface area contributed by atoms with Gasteiger partial charge >= 0.3 is 0 Å². The number of hydrogen-bond acceptors (Lipinski definition) is 3. The molecule has 70 valence electrons. The molecule has 0 aliphatic carbocycles. The third-order valence-corrected chi connectivity index (χ3v) is 2.16. The summed E-state index contributed by atoms with van der Waals surface area (Å²) in [6, 6.07) is 0. The van der Waals surface area contributed by atoms with E-state index in [1.54, 1.807) is 13.8 Å². The van der Waals surface area contributed by atoms with Gasteiger partial charge in [0.2, 0.25) is 5.91 Å². The highest BCUT2D eigenvalue weighted by Gasteiger charge is 2.27. The normalized spacial score (nSPS) is 19.8. The predicted octanol–water partition coefficient (Wildman–Crippen LogP) is -0.149. The van der Waals surface area contributed by atoms with Crippen LogP contribution < -0.4 is 11.2 Å². The Bertz CT molecular complexity index is 173. The van der Waals surface area contributed by atoms with E-state index in [1.165, 1.54) is 12.8 Å². The van der Waals surface area contributed by atoms with Crippen molar-refractivity contribution in [1.29, 1.82) is 0 Å². The minimum Gasteiger partial charge on any atom is -0.368 e.